The molecule has 0 aliphatic carbocycles. The zero-order chi connectivity index (χ0) is 14.8. The van der Waals surface area contributed by atoms with E-state index in [-0.39, 0.29) is 5.69 Å². The molecule has 0 saturated heterocycles. The van der Waals surface area contributed by atoms with Gasteiger partial charge in [-0.05, 0) is 24.3 Å². The maximum Gasteiger partial charge on any atom is 0.432 e. The topological polar surface area (TPSA) is 82.3 Å². The van der Waals surface area contributed by atoms with Crippen LogP contribution in [0.2, 0.25) is 0 Å². The molecule has 2 aromatic rings. The van der Waals surface area contributed by atoms with Crippen molar-refractivity contribution in [1.82, 2.24) is 9.78 Å². The van der Waals surface area contributed by atoms with Crippen LogP contribution in [-0.4, -0.2) is 9.78 Å². The first-order valence-corrected chi connectivity index (χ1v) is 5.86. The number of halogens is 3. The highest BCUT2D eigenvalue weighted by Crippen LogP contribution is 2.27. The Bertz CT molecular complexity index is 636. The molecule has 0 unspecified atom stereocenters. The van der Waals surface area contributed by atoms with Gasteiger partial charge in [-0.2, -0.15) is 19.1 Å². The van der Waals surface area contributed by atoms with Gasteiger partial charge in [-0.3, -0.25) is 9.89 Å². The van der Waals surface area contributed by atoms with Gasteiger partial charge in [0.05, 0.1) is 17.7 Å². The summed E-state index contributed by atoms with van der Waals surface area (Å²) in [6.07, 6.45) is -4.60. The smallest absolute Gasteiger partial charge is 0.286 e. The Morgan fingerprint density at radius 3 is 2.40 bits per heavy atom. The van der Waals surface area contributed by atoms with Crippen molar-refractivity contribution < 1.29 is 22.5 Å². The minimum Gasteiger partial charge on any atom is -0.286 e. The van der Waals surface area contributed by atoms with Crippen molar-refractivity contribution >= 4 is 12.0 Å². The lowest BCUT2D eigenvalue weighted by Crippen LogP contribution is -2.13. The predicted molar refractivity (Wildman–Crippen MR) is 63.6 cm³/mol. The van der Waals surface area contributed by atoms with Crippen LogP contribution in [0.15, 0.2) is 40.0 Å². The fourth-order valence-corrected chi connectivity index (χ4v) is 1.81. The van der Waals surface area contributed by atoms with Crippen LogP contribution in [0.25, 0.3) is 5.69 Å². The Labute approximate surface area is 114 Å². The number of benzene rings is 1. The molecule has 108 valence electrons. The van der Waals surface area contributed by atoms with E-state index in [1.807, 2.05) is 5.10 Å². The Morgan fingerprint density at radius 2 is 1.90 bits per heavy atom. The fraction of sp³-hybridized carbons (Fsp3) is 0.100. The summed E-state index contributed by atoms with van der Waals surface area (Å²) in [5.41, 5.74) is -1.66. The average molecular weight is 307 g/mol. The Balaban J connectivity index is 2.28. The summed E-state index contributed by atoms with van der Waals surface area (Å²) in [5, 5.41) is 2.00. The summed E-state index contributed by atoms with van der Waals surface area (Å²) < 4.78 is 42.6. The van der Waals surface area contributed by atoms with Gasteiger partial charge >= 0.3 is 6.18 Å². The van der Waals surface area contributed by atoms with Gasteiger partial charge in [0, 0.05) is 11.0 Å². The molecule has 20 heavy (non-hydrogen) atoms. The Kier molecular flexibility index (Phi) is 4.18. The predicted octanol–water partition coefficient (Wildman–Crippen LogP) is 2.01. The summed E-state index contributed by atoms with van der Waals surface area (Å²) in [6, 6.07) is 6.44. The summed E-state index contributed by atoms with van der Waals surface area (Å²) >= 11 is 0.813. The summed E-state index contributed by atoms with van der Waals surface area (Å²) in [5.74, 6) is 4.66. The van der Waals surface area contributed by atoms with Crippen LogP contribution in [0.4, 0.5) is 13.2 Å². The number of nitrogens with one attached hydrogen (secondary N) is 1. The number of aromatic nitrogens is 2. The van der Waals surface area contributed by atoms with Crippen molar-refractivity contribution in [2.24, 2.45) is 5.90 Å². The number of aromatic amines is 1. The molecule has 0 aliphatic heterocycles. The number of nitrogens with two attached hydrogens (primary N) is 1. The van der Waals surface area contributed by atoms with Gasteiger partial charge in [0.25, 0.3) is 5.56 Å². The molecular formula is C10H8F3N3O3S. The van der Waals surface area contributed by atoms with Crippen LogP contribution < -0.4 is 11.5 Å². The van der Waals surface area contributed by atoms with E-state index in [0.29, 0.717) is 11.0 Å². The average Bonchev–Trinajstić information content (AvgIpc) is 2.79. The largest absolute Gasteiger partial charge is 0.432 e. The van der Waals surface area contributed by atoms with Gasteiger partial charge in [0.15, 0.2) is 0 Å². The zero-order valence-corrected chi connectivity index (χ0v) is 10.5. The lowest BCUT2D eigenvalue weighted by Gasteiger charge is -2.05. The van der Waals surface area contributed by atoms with Crippen molar-refractivity contribution in [3.8, 4) is 5.69 Å². The minimum atomic E-state index is -4.60. The molecular weight excluding hydrogens is 299 g/mol. The third-order valence-corrected chi connectivity index (χ3v) is 2.90. The molecule has 0 aliphatic rings. The number of nitrogens with zero attached hydrogens (tertiary/aromatic N) is 1. The number of alkyl halides is 3. The molecule has 0 fully saturated rings. The second-order valence-electron chi connectivity index (χ2n) is 3.58. The third-order valence-electron chi connectivity index (χ3n) is 2.29. The van der Waals surface area contributed by atoms with E-state index in [1.165, 1.54) is 24.3 Å². The van der Waals surface area contributed by atoms with Crippen molar-refractivity contribution in [3.05, 3.63) is 46.4 Å². The van der Waals surface area contributed by atoms with Crippen LogP contribution in [0.3, 0.4) is 0 Å². The van der Waals surface area contributed by atoms with Gasteiger partial charge in [0.2, 0.25) is 0 Å². The van der Waals surface area contributed by atoms with Gasteiger partial charge in [-0.25, -0.2) is 4.68 Å². The van der Waals surface area contributed by atoms with Crippen LogP contribution in [0.5, 0.6) is 0 Å². The molecule has 0 radical (unpaired) electrons. The number of H-pyrrole nitrogens is 1. The molecule has 1 heterocycles. The van der Waals surface area contributed by atoms with Gasteiger partial charge < -0.3 is 0 Å². The first kappa shape index (κ1) is 14.7. The quantitative estimate of drug-likeness (QED) is 0.513. The van der Waals surface area contributed by atoms with E-state index in [1.54, 1.807) is 0 Å². The van der Waals surface area contributed by atoms with E-state index < -0.39 is 17.4 Å². The van der Waals surface area contributed by atoms with Gasteiger partial charge in [-0.15, -0.1) is 9.32 Å². The molecule has 0 bridgehead atoms. The molecule has 10 heteroatoms. The first-order chi connectivity index (χ1) is 9.41. The number of hydrogen-bond donors (Lipinski definition) is 2. The van der Waals surface area contributed by atoms with E-state index in [9.17, 15) is 18.0 Å². The Hall–Kier alpha value is -1.75. The standard InChI is InChI=1S/C10H8F3N3O3S/c11-10(12,13)8-5-9(17)16(15-8)6-1-3-7(4-2-6)20-19-18-14/h1-5,15H,14H2. The van der Waals surface area contributed by atoms with E-state index in [4.69, 9.17) is 0 Å². The van der Waals surface area contributed by atoms with E-state index >= 15 is 0 Å². The SMILES string of the molecule is NOOSc1ccc(-n2[nH]c(C(F)(F)F)cc2=O)cc1. The maximum atomic E-state index is 12.5. The van der Waals surface area contributed by atoms with Gasteiger partial charge in [-0.1, -0.05) is 0 Å². The van der Waals surface area contributed by atoms with Gasteiger partial charge in [0.1, 0.15) is 5.69 Å². The minimum absolute atomic E-state index is 0.253. The first-order valence-electron chi connectivity index (χ1n) is 5.11. The monoisotopic (exact) mass is 307 g/mol. The van der Waals surface area contributed by atoms with Crippen LogP contribution >= 0.6 is 12.0 Å². The fourth-order valence-electron chi connectivity index (χ4n) is 1.44. The number of rotatable bonds is 4. The van der Waals surface area contributed by atoms with Crippen molar-refractivity contribution in [2.45, 2.75) is 11.1 Å². The van der Waals surface area contributed by atoms with E-state index in [2.05, 4.69) is 15.2 Å². The maximum absolute atomic E-state index is 12.5. The lowest BCUT2D eigenvalue weighted by molar-refractivity contribution is -0.195. The van der Waals surface area contributed by atoms with E-state index in [0.717, 1.165) is 16.7 Å². The molecule has 0 amide bonds. The molecule has 3 N–H and O–H groups in total. The zero-order valence-electron chi connectivity index (χ0n) is 9.68. The van der Waals surface area contributed by atoms with Crippen LogP contribution in [0.1, 0.15) is 5.69 Å². The van der Waals surface area contributed by atoms with Crippen molar-refractivity contribution in [2.75, 3.05) is 0 Å². The molecule has 1 aromatic heterocycles. The van der Waals surface area contributed by atoms with Crippen LogP contribution in [0, 0.1) is 0 Å². The van der Waals surface area contributed by atoms with Crippen LogP contribution in [-0.2, 0) is 15.5 Å². The molecule has 0 atom stereocenters. The summed E-state index contributed by atoms with van der Waals surface area (Å²) in [4.78, 5) is 16.0. The summed E-state index contributed by atoms with van der Waals surface area (Å²) in [6.45, 7) is 0. The molecule has 2 rings (SSSR count). The highest BCUT2D eigenvalue weighted by Gasteiger charge is 2.33. The van der Waals surface area contributed by atoms with Crippen molar-refractivity contribution in [1.29, 1.82) is 0 Å². The highest BCUT2D eigenvalue weighted by molar-refractivity contribution is 7.94. The number of hydrogen-bond acceptors (Lipinski definition) is 5. The molecule has 1 aromatic carbocycles. The second-order valence-corrected chi connectivity index (χ2v) is 4.36. The molecule has 0 saturated carbocycles. The lowest BCUT2D eigenvalue weighted by atomic mass is 10.3. The molecule has 0 spiro atoms. The van der Waals surface area contributed by atoms with Crippen molar-refractivity contribution in [3.63, 3.8) is 0 Å². The second kappa shape index (κ2) is 5.71. The highest BCUT2D eigenvalue weighted by atomic mass is 32.2. The summed E-state index contributed by atoms with van der Waals surface area (Å²) in [7, 11) is 0. The Morgan fingerprint density at radius 1 is 1.25 bits per heavy atom. The normalized spacial score (nSPS) is 11.8. The third kappa shape index (κ3) is 3.22. The molecule has 6 nitrogen and oxygen atoms in total.